The maximum Gasteiger partial charge on any atom is 0.163 e. The number of benzene rings is 7. The SMILES string of the molecule is c1ccc(C2=NC(c3cccc4c3oc3cccc(-c5cccc6c5oc5ccccc56)c34)=NC(c3ccc4c(c3)oc3ccccc34)N2)cc1. The van der Waals surface area contributed by atoms with Crippen LogP contribution in [-0.4, -0.2) is 11.7 Å². The minimum atomic E-state index is -0.411. The number of nitrogens with zero attached hydrogens (tertiary/aromatic N) is 2. The molecule has 1 aliphatic heterocycles. The van der Waals surface area contributed by atoms with Gasteiger partial charge in [0, 0.05) is 49.0 Å². The standard InChI is InChI=1S/C45H27N3O3/c1-2-11-26(12-3-1)43-46-44(27-23-24-30-28-13-4-6-20-36(28)49-39(30)25-27)48-45(47-43)35-19-9-18-34-40-31(15-10-22-38(40)51-42(34)35)33-17-8-16-32-29-14-5-7-21-37(29)50-41(32)33/h1-25,44H,(H,46,47,48). The van der Waals surface area contributed by atoms with Gasteiger partial charge in [0.15, 0.2) is 5.84 Å². The second-order valence-corrected chi connectivity index (χ2v) is 12.9. The molecule has 1 unspecified atom stereocenters. The summed E-state index contributed by atoms with van der Waals surface area (Å²) in [6.07, 6.45) is -0.411. The zero-order valence-electron chi connectivity index (χ0n) is 27.1. The van der Waals surface area contributed by atoms with Crippen molar-refractivity contribution in [2.75, 3.05) is 0 Å². The number of aliphatic imine (C=N–C) groups is 2. The predicted octanol–water partition coefficient (Wildman–Crippen LogP) is 11.5. The summed E-state index contributed by atoms with van der Waals surface area (Å²) < 4.78 is 19.5. The zero-order chi connectivity index (χ0) is 33.5. The molecule has 0 bridgehead atoms. The van der Waals surface area contributed by atoms with Crippen LogP contribution in [0.2, 0.25) is 0 Å². The van der Waals surface area contributed by atoms with Gasteiger partial charge in [-0.25, -0.2) is 9.98 Å². The van der Waals surface area contributed by atoms with E-state index < -0.39 is 6.17 Å². The molecule has 0 fully saturated rings. The Hall–Kier alpha value is -6.92. The van der Waals surface area contributed by atoms with Crippen LogP contribution in [-0.2, 0) is 0 Å². The molecule has 3 aromatic heterocycles. The molecular formula is C45H27N3O3. The summed E-state index contributed by atoms with van der Waals surface area (Å²) in [6.45, 7) is 0. The van der Waals surface area contributed by atoms with Crippen molar-refractivity contribution in [3.8, 4) is 11.1 Å². The highest BCUT2D eigenvalue weighted by molar-refractivity contribution is 6.22. The van der Waals surface area contributed by atoms with E-state index in [1.807, 2.05) is 72.8 Å². The Bertz CT molecular complexity index is 3070. The highest BCUT2D eigenvalue weighted by Gasteiger charge is 2.25. The van der Waals surface area contributed by atoms with E-state index in [1.54, 1.807) is 0 Å². The molecule has 0 saturated heterocycles. The minimum absolute atomic E-state index is 0.411. The summed E-state index contributed by atoms with van der Waals surface area (Å²) in [4.78, 5) is 10.3. The molecule has 6 heteroatoms. The summed E-state index contributed by atoms with van der Waals surface area (Å²) >= 11 is 0. The third-order valence-electron chi connectivity index (χ3n) is 9.97. The summed E-state index contributed by atoms with van der Waals surface area (Å²) in [5, 5.41) is 9.98. The predicted molar refractivity (Wildman–Crippen MR) is 206 cm³/mol. The number of hydrogen-bond donors (Lipinski definition) is 1. The molecule has 6 nitrogen and oxygen atoms in total. The van der Waals surface area contributed by atoms with Crippen molar-refractivity contribution in [2.24, 2.45) is 9.98 Å². The van der Waals surface area contributed by atoms with Gasteiger partial charge in [-0.2, -0.15) is 0 Å². The zero-order valence-corrected chi connectivity index (χ0v) is 27.1. The van der Waals surface area contributed by atoms with E-state index in [9.17, 15) is 0 Å². The van der Waals surface area contributed by atoms with Crippen LogP contribution >= 0.6 is 0 Å². The van der Waals surface area contributed by atoms with Crippen molar-refractivity contribution < 1.29 is 13.3 Å². The molecule has 7 aromatic carbocycles. The second kappa shape index (κ2) is 10.8. The third-order valence-corrected chi connectivity index (χ3v) is 9.97. The van der Waals surface area contributed by atoms with Gasteiger partial charge in [0.1, 0.15) is 45.5 Å². The van der Waals surface area contributed by atoms with Gasteiger partial charge < -0.3 is 18.6 Å². The molecule has 51 heavy (non-hydrogen) atoms. The average Bonchev–Trinajstić information content (AvgIpc) is 3.89. The van der Waals surface area contributed by atoms with Gasteiger partial charge in [-0.3, -0.25) is 0 Å². The maximum atomic E-state index is 6.73. The van der Waals surface area contributed by atoms with E-state index in [0.717, 1.165) is 99.5 Å². The van der Waals surface area contributed by atoms with Crippen molar-refractivity contribution in [1.29, 1.82) is 0 Å². The van der Waals surface area contributed by atoms with Crippen LogP contribution in [0.5, 0.6) is 0 Å². The highest BCUT2D eigenvalue weighted by Crippen LogP contribution is 2.42. The molecule has 240 valence electrons. The first-order chi connectivity index (χ1) is 25.3. The van der Waals surface area contributed by atoms with Crippen molar-refractivity contribution in [3.63, 3.8) is 0 Å². The Morgan fingerprint density at radius 3 is 1.92 bits per heavy atom. The van der Waals surface area contributed by atoms with Gasteiger partial charge in [-0.1, -0.05) is 121 Å². The number of nitrogens with one attached hydrogen (secondary N) is 1. The lowest BCUT2D eigenvalue weighted by Crippen LogP contribution is -2.33. The first-order valence-corrected chi connectivity index (χ1v) is 17.0. The fraction of sp³-hybridized carbons (Fsp3) is 0.0222. The average molecular weight is 658 g/mol. The quantitative estimate of drug-likeness (QED) is 0.204. The fourth-order valence-corrected chi connectivity index (χ4v) is 7.60. The summed E-state index contributed by atoms with van der Waals surface area (Å²) in [5.41, 5.74) is 9.78. The van der Waals surface area contributed by atoms with Crippen LogP contribution < -0.4 is 5.32 Å². The smallest absolute Gasteiger partial charge is 0.163 e. The lowest BCUT2D eigenvalue weighted by Gasteiger charge is -2.23. The molecule has 4 heterocycles. The Balaban J connectivity index is 1.10. The number of amidine groups is 2. The molecule has 1 aliphatic rings. The van der Waals surface area contributed by atoms with E-state index in [1.165, 1.54) is 0 Å². The van der Waals surface area contributed by atoms with Crippen LogP contribution in [0, 0.1) is 0 Å². The van der Waals surface area contributed by atoms with E-state index >= 15 is 0 Å². The highest BCUT2D eigenvalue weighted by atomic mass is 16.3. The van der Waals surface area contributed by atoms with Crippen LogP contribution in [0.1, 0.15) is 22.9 Å². The summed E-state index contributed by atoms with van der Waals surface area (Å²) in [7, 11) is 0. The van der Waals surface area contributed by atoms with Gasteiger partial charge in [-0.05, 0) is 35.9 Å². The van der Waals surface area contributed by atoms with Gasteiger partial charge in [0.25, 0.3) is 0 Å². The van der Waals surface area contributed by atoms with E-state index in [0.29, 0.717) is 5.84 Å². The number of fused-ring (bicyclic) bond motifs is 9. The lowest BCUT2D eigenvalue weighted by molar-refractivity contribution is 0.653. The largest absolute Gasteiger partial charge is 0.456 e. The van der Waals surface area contributed by atoms with E-state index in [4.69, 9.17) is 23.2 Å². The van der Waals surface area contributed by atoms with Crippen LogP contribution in [0.25, 0.3) is 76.9 Å². The van der Waals surface area contributed by atoms with Crippen molar-refractivity contribution >= 4 is 77.5 Å². The first kappa shape index (κ1) is 28.0. The van der Waals surface area contributed by atoms with Crippen molar-refractivity contribution in [1.82, 2.24) is 5.32 Å². The first-order valence-electron chi connectivity index (χ1n) is 17.0. The number of rotatable bonds is 4. The third kappa shape index (κ3) is 4.30. The molecule has 0 aliphatic carbocycles. The fourth-order valence-electron chi connectivity index (χ4n) is 7.60. The Morgan fingerprint density at radius 1 is 0.451 bits per heavy atom. The number of hydrogen-bond acceptors (Lipinski definition) is 6. The van der Waals surface area contributed by atoms with Crippen LogP contribution in [0.3, 0.4) is 0 Å². The molecule has 0 radical (unpaired) electrons. The van der Waals surface area contributed by atoms with Crippen LogP contribution in [0.15, 0.2) is 175 Å². The Kier molecular flexibility index (Phi) is 5.92. The molecular weight excluding hydrogens is 631 g/mol. The van der Waals surface area contributed by atoms with E-state index in [2.05, 4.69) is 84.2 Å². The maximum absolute atomic E-state index is 6.73. The summed E-state index contributed by atoms with van der Waals surface area (Å²) in [5.74, 6) is 1.33. The second-order valence-electron chi connectivity index (χ2n) is 12.9. The van der Waals surface area contributed by atoms with Gasteiger partial charge in [0.05, 0.1) is 5.56 Å². The van der Waals surface area contributed by atoms with Gasteiger partial charge >= 0.3 is 0 Å². The van der Waals surface area contributed by atoms with E-state index in [-0.39, 0.29) is 0 Å². The van der Waals surface area contributed by atoms with Gasteiger partial charge in [0.2, 0.25) is 0 Å². The van der Waals surface area contributed by atoms with Gasteiger partial charge in [-0.15, -0.1) is 0 Å². The number of furan rings is 3. The number of para-hydroxylation sites is 4. The van der Waals surface area contributed by atoms with Crippen molar-refractivity contribution in [2.45, 2.75) is 6.17 Å². The molecule has 0 spiro atoms. The molecule has 10 aromatic rings. The molecule has 1 N–H and O–H groups in total. The molecule has 0 amide bonds. The normalized spacial score (nSPS) is 14.9. The topological polar surface area (TPSA) is 76.2 Å². The summed E-state index contributed by atoms with van der Waals surface area (Å²) in [6, 6.07) is 51.5. The monoisotopic (exact) mass is 657 g/mol. The Labute approximate surface area is 291 Å². The van der Waals surface area contributed by atoms with Crippen LogP contribution in [0.4, 0.5) is 0 Å². The lowest BCUT2D eigenvalue weighted by atomic mass is 9.97. The molecule has 11 rings (SSSR count). The molecule has 1 atom stereocenters. The Morgan fingerprint density at radius 2 is 1.06 bits per heavy atom. The van der Waals surface area contributed by atoms with Crippen molar-refractivity contribution in [3.05, 3.63) is 168 Å². The molecule has 0 saturated carbocycles. The minimum Gasteiger partial charge on any atom is -0.456 e.